The van der Waals surface area contributed by atoms with E-state index in [-0.39, 0.29) is 23.5 Å². The second kappa shape index (κ2) is 13.1. The Morgan fingerprint density at radius 2 is 1.67 bits per heavy atom. The van der Waals surface area contributed by atoms with Crippen LogP contribution >= 0.6 is 0 Å². The van der Waals surface area contributed by atoms with Crippen molar-refractivity contribution in [1.82, 2.24) is 4.98 Å². The Hall–Kier alpha value is -3.61. The number of aryl methyl sites for hydroxylation is 1. The van der Waals surface area contributed by atoms with Crippen LogP contribution in [0, 0.1) is 18.2 Å². The molecule has 0 spiro atoms. The average molecular weight is 454 g/mol. The van der Waals surface area contributed by atoms with Crippen molar-refractivity contribution in [3.05, 3.63) is 76.7 Å². The van der Waals surface area contributed by atoms with Gasteiger partial charge in [0.15, 0.2) is 0 Å². The van der Waals surface area contributed by atoms with Crippen molar-refractivity contribution in [1.29, 1.82) is 5.41 Å². The fraction of sp³-hybridized carbons (Fsp3) is 0.308. The van der Waals surface area contributed by atoms with E-state index in [0.29, 0.717) is 22.6 Å². The molecule has 0 fully saturated rings. The van der Waals surface area contributed by atoms with Gasteiger partial charge < -0.3 is 21.5 Å². The molecule has 0 radical (unpaired) electrons. The summed E-state index contributed by atoms with van der Waals surface area (Å²) < 4.78 is 19.2. The summed E-state index contributed by atoms with van der Waals surface area (Å²) in [5.74, 6) is 0.402. The Balaban J connectivity index is 0.00000129. The van der Waals surface area contributed by atoms with Gasteiger partial charge in [-0.3, -0.25) is 5.41 Å². The molecule has 0 aliphatic rings. The molecule has 178 valence electrons. The number of anilines is 3. The number of nitrogens with two attached hydrogens (primary N) is 2. The second-order valence-corrected chi connectivity index (χ2v) is 6.77. The van der Waals surface area contributed by atoms with E-state index in [1.54, 1.807) is 43.6 Å². The van der Waals surface area contributed by atoms with Crippen LogP contribution in [0.25, 0.3) is 0 Å². The van der Waals surface area contributed by atoms with Gasteiger partial charge in [-0.1, -0.05) is 45.9 Å². The molecule has 3 rings (SSSR count). The number of hydrogen-bond acceptors (Lipinski definition) is 6. The second-order valence-electron chi connectivity index (χ2n) is 6.77. The van der Waals surface area contributed by atoms with Gasteiger partial charge in [-0.25, -0.2) is 9.37 Å². The normalized spacial score (nSPS) is 10.7. The van der Waals surface area contributed by atoms with Crippen LogP contribution < -0.4 is 21.5 Å². The van der Waals surface area contributed by atoms with Crippen LogP contribution in [0.15, 0.2) is 48.7 Å². The Labute approximate surface area is 196 Å². The molecule has 1 atom stereocenters. The van der Waals surface area contributed by atoms with Crippen LogP contribution in [0.5, 0.6) is 5.75 Å². The molecule has 1 unspecified atom stereocenters. The molecule has 1 heterocycles. The summed E-state index contributed by atoms with van der Waals surface area (Å²) in [5.41, 5.74) is 16.4. The van der Waals surface area contributed by atoms with Crippen molar-refractivity contribution in [3.8, 4) is 5.75 Å². The third-order valence-electron chi connectivity index (χ3n) is 4.74. The quantitative estimate of drug-likeness (QED) is 0.257. The van der Waals surface area contributed by atoms with Crippen molar-refractivity contribution in [2.45, 2.75) is 47.6 Å². The van der Waals surface area contributed by atoms with Crippen molar-refractivity contribution in [2.24, 2.45) is 0 Å². The molecule has 6 nitrogen and oxygen atoms in total. The highest BCUT2D eigenvalue weighted by molar-refractivity contribution is 6.17. The van der Waals surface area contributed by atoms with Crippen LogP contribution in [-0.4, -0.2) is 17.7 Å². The molecule has 0 amide bonds. The lowest BCUT2D eigenvalue weighted by Gasteiger charge is -2.19. The monoisotopic (exact) mass is 453 g/mol. The first-order chi connectivity index (χ1) is 15.8. The maximum absolute atomic E-state index is 13.2. The number of nitrogens with one attached hydrogen (secondary N) is 2. The molecule has 0 aliphatic heterocycles. The van der Waals surface area contributed by atoms with Crippen LogP contribution in [0.3, 0.4) is 0 Å². The van der Waals surface area contributed by atoms with Gasteiger partial charge in [0.25, 0.3) is 0 Å². The van der Waals surface area contributed by atoms with E-state index >= 15 is 0 Å². The SMILES string of the molecule is CC.CC.CNc1c(C)cnc(N)c1C(=N)c1ccc(N)c(OC(C)c2ccc(F)cc2)c1. The summed E-state index contributed by atoms with van der Waals surface area (Å²) in [6.45, 7) is 11.8. The Bertz CT molecular complexity index is 1050. The van der Waals surface area contributed by atoms with E-state index in [0.717, 1.165) is 16.8 Å². The minimum Gasteiger partial charge on any atom is -0.484 e. The number of nitrogen functional groups attached to an aromatic ring is 2. The van der Waals surface area contributed by atoms with E-state index in [1.165, 1.54) is 12.1 Å². The van der Waals surface area contributed by atoms with Crippen molar-refractivity contribution in [2.75, 3.05) is 23.8 Å². The predicted molar refractivity (Wildman–Crippen MR) is 138 cm³/mol. The zero-order chi connectivity index (χ0) is 25.1. The molecule has 6 N–H and O–H groups in total. The van der Waals surface area contributed by atoms with E-state index in [4.69, 9.17) is 21.6 Å². The van der Waals surface area contributed by atoms with Crippen LogP contribution in [0.1, 0.15) is 63.0 Å². The van der Waals surface area contributed by atoms with Crippen molar-refractivity contribution < 1.29 is 9.13 Å². The molecule has 3 aromatic rings. The number of halogens is 1. The predicted octanol–water partition coefficient (Wildman–Crippen LogP) is 6.34. The summed E-state index contributed by atoms with van der Waals surface area (Å²) >= 11 is 0. The molecule has 0 aliphatic carbocycles. The van der Waals surface area contributed by atoms with Gasteiger partial charge in [0.1, 0.15) is 23.5 Å². The zero-order valence-electron chi connectivity index (χ0n) is 20.6. The first-order valence-corrected chi connectivity index (χ1v) is 11.2. The molecular formula is C26H36FN5O. The van der Waals surface area contributed by atoms with E-state index in [2.05, 4.69) is 10.3 Å². The lowest BCUT2D eigenvalue weighted by atomic mass is 9.99. The smallest absolute Gasteiger partial charge is 0.143 e. The van der Waals surface area contributed by atoms with Crippen LogP contribution in [0.2, 0.25) is 0 Å². The highest BCUT2D eigenvalue weighted by Gasteiger charge is 2.18. The first-order valence-electron chi connectivity index (χ1n) is 11.2. The van der Waals surface area contributed by atoms with Gasteiger partial charge >= 0.3 is 0 Å². The molecule has 0 bridgehead atoms. The lowest BCUT2D eigenvalue weighted by molar-refractivity contribution is 0.228. The summed E-state index contributed by atoms with van der Waals surface area (Å²) in [5, 5.41) is 11.8. The molecule has 7 heteroatoms. The fourth-order valence-electron chi connectivity index (χ4n) is 3.12. The first kappa shape index (κ1) is 27.4. The van der Waals surface area contributed by atoms with E-state index < -0.39 is 0 Å². The Morgan fingerprint density at radius 3 is 2.24 bits per heavy atom. The third kappa shape index (κ3) is 6.68. The largest absolute Gasteiger partial charge is 0.484 e. The number of nitrogens with zero attached hydrogens (tertiary/aromatic N) is 1. The summed E-state index contributed by atoms with van der Waals surface area (Å²) in [7, 11) is 1.78. The number of ether oxygens (including phenoxy) is 1. The van der Waals surface area contributed by atoms with Gasteiger partial charge in [-0.2, -0.15) is 0 Å². The standard InChI is InChI=1S/C22H24FN5O.2C2H6/c1-12-11-28-22(26)19(21(12)27-3)20(25)15-6-9-17(24)18(10-15)29-13(2)14-4-7-16(23)8-5-14;2*1-2/h4-11,13,25H,24H2,1-3H3,(H3,26,27,28);2*1-2H3. The molecule has 0 saturated carbocycles. The number of rotatable bonds is 6. The third-order valence-corrected chi connectivity index (χ3v) is 4.74. The van der Waals surface area contributed by atoms with Gasteiger partial charge in [0.05, 0.1) is 22.6 Å². The molecule has 33 heavy (non-hydrogen) atoms. The van der Waals surface area contributed by atoms with Gasteiger partial charge in [0, 0.05) is 18.8 Å². The summed E-state index contributed by atoms with van der Waals surface area (Å²) in [6.07, 6.45) is 1.32. The highest BCUT2D eigenvalue weighted by Crippen LogP contribution is 2.32. The Kier molecular flexibility index (Phi) is 10.8. The number of benzene rings is 2. The van der Waals surface area contributed by atoms with Gasteiger partial charge in [-0.05, 0) is 49.2 Å². The fourth-order valence-corrected chi connectivity index (χ4v) is 3.12. The van der Waals surface area contributed by atoms with E-state index in [1.807, 2.05) is 41.5 Å². The van der Waals surface area contributed by atoms with Crippen molar-refractivity contribution in [3.63, 3.8) is 0 Å². The average Bonchev–Trinajstić information content (AvgIpc) is 2.84. The minimum absolute atomic E-state index is 0.210. The molecule has 1 aromatic heterocycles. The summed E-state index contributed by atoms with van der Waals surface area (Å²) in [4.78, 5) is 4.18. The lowest BCUT2D eigenvalue weighted by Crippen LogP contribution is -2.13. The van der Waals surface area contributed by atoms with Gasteiger partial charge in [-0.15, -0.1) is 0 Å². The zero-order valence-corrected chi connectivity index (χ0v) is 20.6. The van der Waals surface area contributed by atoms with Crippen molar-refractivity contribution >= 4 is 22.9 Å². The summed E-state index contributed by atoms with van der Waals surface area (Å²) in [6, 6.07) is 11.2. The van der Waals surface area contributed by atoms with E-state index in [9.17, 15) is 4.39 Å². The number of hydrogen-bond donors (Lipinski definition) is 4. The molecule has 0 saturated heterocycles. The van der Waals surface area contributed by atoms with Crippen LogP contribution in [0.4, 0.5) is 21.6 Å². The van der Waals surface area contributed by atoms with Crippen LogP contribution in [-0.2, 0) is 0 Å². The Morgan fingerprint density at radius 1 is 1.06 bits per heavy atom. The van der Waals surface area contributed by atoms with Gasteiger partial charge in [0.2, 0.25) is 0 Å². The molecular weight excluding hydrogens is 417 g/mol. The maximum atomic E-state index is 13.2. The molecule has 2 aromatic carbocycles. The maximum Gasteiger partial charge on any atom is 0.143 e. The highest BCUT2D eigenvalue weighted by atomic mass is 19.1. The number of pyridine rings is 1. The minimum atomic E-state index is -0.346. The number of aromatic nitrogens is 1. The topological polar surface area (TPSA) is 110 Å².